The quantitative estimate of drug-likeness (QED) is 0.782. The summed E-state index contributed by atoms with van der Waals surface area (Å²) in [4.78, 5) is 27.3. The first kappa shape index (κ1) is 17.2. The Bertz CT molecular complexity index is 393. The fourth-order valence-corrected chi connectivity index (χ4v) is 1.58. The Balaban J connectivity index is 0.00000324. The number of amides is 1. The number of hydrogen-bond donors (Lipinski definition) is 2. The zero-order valence-corrected chi connectivity index (χ0v) is 10.8. The largest absolute Gasteiger partial charge is 0.349 e. The number of carbonyl (C=O) groups is 2. The van der Waals surface area contributed by atoms with Gasteiger partial charge in [-0.25, -0.2) is 0 Å². The highest BCUT2D eigenvalue weighted by Gasteiger charge is 2.16. The van der Waals surface area contributed by atoms with Crippen molar-refractivity contribution < 1.29 is 9.59 Å². The van der Waals surface area contributed by atoms with Crippen molar-refractivity contribution >= 4 is 11.7 Å². The van der Waals surface area contributed by atoms with E-state index in [1.54, 1.807) is 24.4 Å². The van der Waals surface area contributed by atoms with E-state index in [9.17, 15) is 9.59 Å². The third kappa shape index (κ3) is 5.61. The summed E-state index contributed by atoms with van der Waals surface area (Å²) >= 11 is 0. The van der Waals surface area contributed by atoms with E-state index in [1.807, 2.05) is 13.8 Å². The number of Topliss-reactive ketones (excluding diaryl/α,β-unsaturated/α-hetero) is 1. The molecule has 1 aromatic rings. The van der Waals surface area contributed by atoms with E-state index >= 15 is 0 Å². The Hall–Kier alpha value is -1.75. The van der Waals surface area contributed by atoms with Gasteiger partial charge in [0.2, 0.25) is 0 Å². The van der Waals surface area contributed by atoms with Gasteiger partial charge in [-0.15, -0.1) is 0 Å². The highest BCUT2D eigenvalue weighted by atomic mass is 16.2. The summed E-state index contributed by atoms with van der Waals surface area (Å²) in [5, 5.41) is 5.77. The van der Waals surface area contributed by atoms with Crippen LogP contribution in [0.25, 0.3) is 0 Å². The van der Waals surface area contributed by atoms with E-state index in [0.717, 1.165) is 0 Å². The summed E-state index contributed by atoms with van der Waals surface area (Å²) in [6.07, 6.45) is 2.02. The number of ketones is 1. The molecule has 0 saturated heterocycles. The lowest BCUT2D eigenvalue weighted by Gasteiger charge is -2.16. The maximum Gasteiger partial charge on any atom is 0.269 e. The van der Waals surface area contributed by atoms with Gasteiger partial charge in [0.1, 0.15) is 5.69 Å². The van der Waals surface area contributed by atoms with Gasteiger partial charge in [0.25, 0.3) is 5.91 Å². The van der Waals surface area contributed by atoms with Crippen LogP contribution in [-0.2, 0) is 4.79 Å². The molecule has 0 aliphatic carbocycles. The Morgan fingerprint density at radius 3 is 2.58 bits per heavy atom. The molecule has 0 spiro atoms. The molecule has 1 heterocycles. The smallest absolute Gasteiger partial charge is 0.269 e. The van der Waals surface area contributed by atoms with Crippen molar-refractivity contribution in [2.45, 2.75) is 33.7 Å². The zero-order chi connectivity index (χ0) is 13.4. The molecule has 1 rings (SSSR count). The van der Waals surface area contributed by atoms with Gasteiger partial charge in [-0.2, -0.15) is 0 Å². The summed E-state index contributed by atoms with van der Waals surface area (Å²) in [5.74, 6) is -0.166. The van der Waals surface area contributed by atoms with Crippen molar-refractivity contribution in [3.8, 4) is 0 Å². The normalized spacial score (nSPS) is 11.3. The average molecular weight is 265 g/mol. The van der Waals surface area contributed by atoms with Crippen molar-refractivity contribution in [3.05, 3.63) is 30.1 Å². The van der Waals surface area contributed by atoms with Crippen LogP contribution < -0.4 is 10.6 Å². The number of hydrogen-bond acceptors (Lipinski definition) is 4. The minimum absolute atomic E-state index is 0. The summed E-state index contributed by atoms with van der Waals surface area (Å²) in [6.45, 7) is 4.72. The predicted molar refractivity (Wildman–Crippen MR) is 76.1 cm³/mol. The third-order valence-corrected chi connectivity index (χ3v) is 2.55. The van der Waals surface area contributed by atoms with Gasteiger partial charge in [0, 0.05) is 19.2 Å². The molecule has 0 fully saturated rings. The summed E-state index contributed by atoms with van der Waals surface area (Å²) in [6, 6.07) is 4.81. The lowest BCUT2D eigenvalue weighted by molar-refractivity contribution is -0.120. The second-order valence-corrected chi connectivity index (χ2v) is 3.86. The second kappa shape index (κ2) is 9.22. The van der Waals surface area contributed by atoms with Gasteiger partial charge in [0.15, 0.2) is 5.78 Å². The highest BCUT2D eigenvalue weighted by Crippen LogP contribution is 1.95. The Morgan fingerprint density at radius 2 is 2.05 bits per heavy atom. The van der Waals surface area contributed by atoms with E-state index < -0.39 is 0 Å². The molecule has 5 heteroatoms. The van der Waals surface area contributed by atoms with Crippen molar-refractivity contribution in [2.24, 2.45) is 0 Å². The molecule has 1 aromatic heterocycles. The Kier molecular flexibility index (Phi) is 8.37. The van der Waals surface area contributed by atoms with E-state index in [0.29, 0.717) is 18.7 Å². The molecule has 0 saturated carbocycles. The van der Waals surface area contributed by atoms with Gasteiger partial charge in [-0.05, 0) is 18.7 Å². The molecule has 0 aliphatic heterocycles. The SMILES string of the molecule is C.CCN[C@@H](CNC(=O)c1ccccn1)C(=O)CC. The molecule has 0 aromatic carbocycles. The first-order chi connectivity index (χ1) is 8.69. The van der Waals surface area contributed by atoms with Crippen LogP contribution in [-0.4, -0.2) is 35.8 Å². The van der Waals surface area contributed by atoms with Crippen LogP contribution in [0.1, 0.15) is 38.2 Å². The molecule has 0 unspecified atom stereocenters. The van der Waals surface area contributed by atoms with Crippen molar-refractivity contribution in [3.63, 3.8) is 0 Å². The molecule has 1 atom stereocenters. The Morgan fingerprint density at radius 1 is 1.32 bits per heavy atom. The predicted octanol–water partition coefficient (Wildman–Crippen LogP) is 1.40. The van der Waals surface area contributed by atoms with Crippen LogP contribution in [0.15, 0.2) is 24.4 Å². The molecule has 106 valence electrons. The number of nitrogens with zero attached hydrogens (tertiary/aromatic N) is 1. The average Bonchev–Trinajstić information content (AvgIpc) is 2.43. The summed E-state index contributed by atoms with van der Waals surface area (Å²) in [5.41, 5.74) is 0.358. The molecule has 0 radical (unpaired) electrons. The first-order valence-electron chi connectivity index (χ1n) is 6.14. The highest BCUT2D eigenvalue weighted by molar-refractivity contribution is 5.93. The third-order valence-electron chi connectivity index (χ3n) is 2.55. The fraction of sp³-hybridized carbons (Fsp3) is 0.500. The van der Waals surface area contributed by atoms with Crippen molar-refractivity contribution in [1.29, 1.82) is 0 Å². The van der Waals surface area contributed by atoms with Crippen LogP contribution >= 0.6 is 0 Å². The lowest BCUT2D eigenvalue weighted by Crippen LogP contribution is -2.45. The standard InChI is InChI=1S/C13H19N3O2.CH4/c1-3-12(17)11(14-4-2)9-16-13(18)10-7-5-6-8-15-10;/h5-8,11,14H,3-4,9H2,1-2H3,(H,16,18);1H4/t11-;/m0./s1. The Labute approximate surface area is 114 Å². The molecule has 1 amide bonds. The van der Waals surface area contributed by atoms with Crippen molar-refractivity contribution in [1.82, 2.24) is 15.6 Å². The van der Waals surface area contributed by atoms with E-state index in [1.165, 1.54) is 0 Å². The van der Waals surface area contributed by atoms with E-state index in [2.05, 4.69) is 15.6 Å². The van der Waals surface area contributed by atoms with Gasteiger partial charge in [0.05, 0.1) is 6.04 Å². The zero-order valence-electron chi connectivity index (χ0n) is 10.8. The van der Waals surface area contributed by atoms with E-state index in [4.69, 9.17) is 0 Å². The second-order valence-electron chi connectivity index (χ2n) is 3.86. The number of aromatic nitrogens is 1. The van der Waals surface area contributed by atoms with E-state index in [-0.39, 0.29) is 31.7 Å². The van der Waals surface area contributed by atoms with Gasteiger partial charge >= 0.3 is 0 Å². The molecule has 2 N–H and O–H groups in total. The summed E-state index contributed by atoms with van der Waals surface area (Å²) in [7, 11) is 0. The maximum atomic E-state index is 11.8. The molecule has 19 heavy (non-hydrogen) atoms. The van der Waals surface area contributed by atoms with Gasteiger partial charge < -0.3 is 10.6 Å². The minimum atomic E-state index is -0.326. The topological polar surface area (TPSA) is 71.1 Å². The lowest BCUT2D eigenvalue weighted by atomic mass is 10.1. The molecule has 0 aliphatic rings. The number of pyridine rings is 1. The van der Waals surface area contributed by atoms with Crippen LogP contribution in [0.4, 0.5) is 0 Å². The fourth-order valence-electron chi connectivity index (χ4n) is 1.58. The van der Waals surface area contributed by atoms with Crippen LogP contribution in [0.3, 0.4) is 0 Å². The van der Waals surface area contributed by atoms with Crippen molar-refractivity contribution in [2.75, 3.05) is 13.1 Å². The molecule has 5 nitrogen and oxygen atoms in total. The minimum Gasteiger partial charge on any atom is -0.349 e. The molecule has 0 bridgehead atoms. The number of likely N-dealkylation sites (N-methyl/N-ethyl adjacent to an activating group) is 1. The first-order valence-corrected chi connectivity index (χ1v) is 6.14. The maximum absolute atomic E-state index is 11.8. The number of nitrogens with one attached hydrogen (secondary N) is 2. The van der Waals surface area contributed by atoms with Crippen LogP contribution in [0.5, 0.6) is 0 Å². The molecular weight excluding hydrogens is 242 g/mol. The summed E-state index contributed by atoms with van der Waals surface area (Å²) < 4.78 is 0. The van der Waals surface area contributed by atoms with Crippen LogP contribution in [0.2, 0.25) is 0 Å². The van der Waals surface area contributed by atoms with Gasteiger partial charge in [-0.3, -0.25) is 14.6 Å². The van der Waals surface area contributed by atoms with Gasteiger partial charge in [-0.1, -0.05) is 27.3 Å². The number of carbonyl (C=O) groups excluding carboxylic acids is 2. The number of rotatable bonds is 7. The molecular formula is C14H23N3O2. The monoisotopic (exact) mass is 265 g/mol. The van der Waals surface area contributed by atoms with Crippen LogP contribution in [0, 0.1) is 0 Å².